The summed E-state index contributed by atoms with van der Waals surface area (Å²) in [5.41, 5.74) is 3.24. The maximum absolute atomic E-state index is 11.9. The van der Waals surface area contributed by atoms with Gasteiger partial charge < -0.3 is 17.1 Å². The van der Waals surface area contributed by atoms with Gasteiger partial charge in [-0.1, -0.05) is 37.6 Å². The van der Waals surface area contributed by atoms with E-state index < -0.39 is 15.5 Å². The summed E-state index contributed by atoms with van der Waals surface area (Å²) < 4.78 is 9.41. The first-order valence-electron chi connectivity index (χ1n) is 13.1. The van der Waals surface area contributed by atoms with Gasteiger partial charge in [-0.15, -0.1) is 11.3 Å². The molecular formula is C31H27ClN4O5S. The lowest BCUT2D eigenvalue weighted by Crippen LogP contribution is -3.00. The molecule has 9 nitrogen and oxygen atoms in total. The molecule has 0 amide bonds. The Morgan fingerprint density at radius 3 is 2.43 bits per heavy atom. The number of non-ortho nitro benzene ring substituents is 1. The molecule has 5 aromatic rings. The maximum atomic E-state index is 11.9. The smallest absolute Gasteiger partial charge is 0.318 e. The predicted octanol–water partition coefficient (Wildman–Crippen LogP) is 5.14. The molecular weight excluding hydrogens is 576 g/mol. The third-order valence-electron chi connectivity index (χ3n) is 6.49. The Balaban J connectivity index is 0.00000405. The molecule has 2 heterocycles. The van der Waals surface area contributed by atoms with E-state index in [2.05, 4.69) is 11.5 Å². The first-order valence-corrected chi connectivity index (χ1v) is 13.9. The Labute approximate surface area is 252 Å². The fourth-order valence-corrected chi connectivity index (χ4v) is 5.38. The summed E-state index contributed by atoms with van der Waals surface area (Å²) in [5, 5.41) is 23.9. The number of pyridine rings is 1. The quantitative estimate of drug-likeness (QED) is 0.124. The summed E-state index contributed by atoms with van der Waals surface area (Å²) in [6, 6.07) is 19.1. The van der Waals surface area contributed by atoms with Crippen molar-refractivity contribution in [3.8, 4) is 22.1 Å². The van der Waals surface area contributed by atoms with E-state index in [0.717, 1.165) is 46.8 Å². The minimum absolute atomic E-state index is 0. The summed E-state index contributed by atoms with van der Waals surface area (Å²) in [4.78, 5) is 26.6. The number of nitro groups is 2. The molecule has 0 atom stereocenters. The Hall–Kier alpha value is -4.67. The van der Waals surface area contributed by atoms with Gasteiger partial charge in [-0.25, -0.2) is 9.55 Å². The number of aromatic nitrogens is 2. The van der Waals surface area contributed by atoms with Gasteiger partial charge in [0.15, 0.2) is 12.4 Å². The minimum Gasteiger partial charge on any atom is -1.00 e. The number of nitrogens with zero attached hydrogens (tertiary/aromatic N) is 4. The largest absolute Gasteiger partial charge is 1.00 e. The van der Waals surface area contributed by atoms with Crippen LogP contribution in [0.5, 0.6) is 11.5 Å². The molecule has 0 aliphatic rings. The third-order valence-corrected chi connectivity index (χ3v) is 7.56. The molecule has 0 saturated carbocycles. The number of rotatable bonds is 10. The number of thiazole rings is 1. The monoisotopic (exact) mass is 602 g/mol. The molecule has 5 rings (SSSR count). The van der Waals surface area contributed by atoms with Crippen LogP contribution in [0.15, 0.2) is 79.1 Å². The van der Waals surface area contributed by atoms with E-state index in [1.807, 2.05) is 80.0 Å². The molecule has 2 aromatic heterocycles. The molecule has 0 unspecified atom stereocenters. The molecule has 0 spiro atoms. The second kappa shape index (κ2) is 13.3. The molecule has 0 fully saturated rings. The van der Waals surface area contributed by atoms with Gasteiger partial charge in [0.25, 0.3) is 5.69 Å². The highest BCUT2D eigenvalue weighted by Crippen LogP contribution is 2.43. The summed E-state index contributed by atoms with van der Waals surface area (Å²) in [6.07, 6.45) is 10.2. The van der Waals surface area contributed by atoms with Crippen LogP contribution in [0.4, 0.5) is 11.4 Å². The topological polar surface area (TPSA) is 112 Å². The molecule has 3 aromatic carbocycles. The number of hydrogen-bond donors (Lipinski definition) is 0. The fraction of sp³-hybridized carbons (Fsp3) is 0.161. The van der Waals surface area contributed by atoms with E-state index >= 15 is 0 Å². The van der Waals surface area contributed by atoms with Crippen molar-refractivity contribution in [3.63, 3.8) is 0 Å². The Morgan fingerprint density at radius 2 is 1.74 bits per heavy atom. The predicted molar refractivity (Wildman–Crippen MR) is 160 cm³/mol. The average Bonchev–Trinajstić information content (AvgIpc) is 3.40. The molecule has 0 N–H and O–H groups in total. The van der Waals surface area contributed by atoms with Crippen molar-refractivity contribution in [2.75, 3.05) is 0 Å². The van der Waals surface area contributed by atoms with Crippen molar-refractivity contribution in [1.82, 2.24) is 4.98 Å². The van der Waals surface area contributed by atoms with Crippen LogP contribution in [0.25, 0.3) is 32.9 Å². The van der Waals surface area contributed by atoms with Gasteiger partial charge in [-0.3, -0.25) is 20.2 Å². The van der Waals surface area contributed by atoms with Crippen molar-refractivity contribution >= 4 is 45.1 Å². The lowest BCUT2D eigenvalue weighted by molar-refractivity contribution is -0.697. The summed E-state index contributed by atoms with van der Waals surface area (Å²) in [5.74, 6) is 0.273. The van der Waals surface area contributed by atoms with Gasteiger partial charge >= 0.3 is 5.69 Å². The van der Waals surface area contributed by atoms with Crippen LogP contribution >= 0.6 is 11.3 Å². The summed E-state index contributed by atoms with van der Waals surface area (Å²) in [6.45, 7) is 5.08. The molecule has 0 aliphatic heterocycles. The Morgan fingerprint density at radius 1 is 0.976 bits per heavy atom. The lowest BCUT2D eigenvalue weighted by atomic mass is 10.0. The van der Waals surface area contributed by atoms with Crippen molar-refractivity contribution in [1.29, 1.82) is 0 Å². The third kappa shape index (κ3) is 6.79. The van der Waals surface area contributed by atoms with E-state index in [1.165, 1.54) is 23.5 Å². The Kier molecular flexibility index (Phi) is 9.61. The number of nitro benzene ring substituents is 2. The van der Waals surface area contributed by atoms with Crippen LogP contribution in [0.2, 0.25) is 0 Å². The number of aryl methyl sites for hydroxylation is 2. The normalized spacial score (nSPS) is 11.0. The first kappa shape index (κ1) is 30.3. The summed E-state index contributed by atoms with van der Waals surface area (Å²) in [7, 11) is 0. The van der Waals surface area contributed by atoms with Crippen LogP contribution < -0.4 is 21.7 Å². The number of halogens is 1. The van der Waals surface area contributed by atoms with Crippen LogP contribution in [0, 0.1) is 27.2 Å². The molecule has 0 aliphatic carbocycles. The van der Waals surface area contributed by atoms with Crippen LogP contribution in [0.1, 0.15) is 36.5 Å². The molecule has 42 heavy (non-hydrogen) atoms. The highest BCUT2D eigenvalue weighted by molar-refractivity contribution is 7.21. The molecule has 0 bridgehead atoms. The average molecular weight is 603 g/mol. The number of fused-ring (bicyclic) bond motifs is 1. The van der Waals surface area contributed by atoms with Crippen molar-refractivity contribution in [2.45, 2.75) is 33.2 Å². The van der Waals surface area contributed by atoms with Crippen LogP contribution in [-0.4, -0.2) is 14.8 Å². The van der Waals surface area contributed by atoms with E-state index in [1.54, 1.807) is 0 Å². The number of benzene rings is 3. The standard InChI is InChI=1S/C31H27N4O5S.ClH/c1-3-4-15-33-16-13-22(14-17-33)9-10-23-18-21(2)19-25(31-32-26-7-5-6-8-29(26)41-31)30(23)40-28-12-11-24(34(36)37)20-27(28)35(38)39;/h5-14,16-20H,3-4,15H2,1-2H3;1H/q+1;/p-1/b10-9+;. The van der Waals surface area contributed by atoms with E-state index in [0.29, 0.717) is 21.9 Å². The molecule has 11 heteroatoms. The van der Waals surface area contributed by atoms with E-state index in [-0.39, 0.29) is 23.8 Å². The zero-order chi connectivity index (χ0) is 28.9. The second-order valence-corrected chi connectivity index (χ2v) is 10.6. The fourth-order valence-electron chi connectivity index (χ4n) is 4.40. The van der Waals surface area contributed by atoms with Crippen molar-refractivity contribution in [2.24, 2.45) is 0 Å². The van der Waals surface area contributed by atoms with Crippen molar-refractivity contribution in [3.05, 3.63) is 116 Å². The van der Waals surface area contributed by atoms with Gasteiger partial charge in [0.1, 0.15) is 17.3 Å². The van der Waals surface area contributed by atoms with Gasteiger partial charge in [-0.2, -0.15) is 0 Å². The number of para-hydroxylation sites is 1. The second-order valence-electron chi connectivity index (χ2n) is 9.54. The first-order chi connectivity index (χ1) is 19.8. The van der Waals surface area contributed by atoms with Gasteiger partial charge in [-0.05, 0) is 48.4 Å². The lowest BCUT2D eigenvalue weighted by Gasteiger charge is -2.14. The highest BCUT2D eigenvalue weighted by atomic mass is 35.5. The number of ether oxygens (including phenoxy) is 1. The minimum atomic E-state index is -0.679. The highest BCUT2D eigenvalue weighted by Gasteiger charge is 2.24. The SMILES string of the molecule is CCCC[n+]1ccc(/C=C/c2cc(C)cc(-c3nc4ccccc4s3)c2Oc2ccc([N+](=O)[O-])cc2[N+](=O)[O-])cc1.[Cl-]. The van der Waals surface area contributed by atoms with Gasteiger partial charge in [0, 0.05) is 30.2 Å². The molecule has 0 saturated heterocycles. The molecule has 214 valence electrons. The van der Waals surface area contributed by atoms with E-state index in [9.17, 15) is 20.2 Å². The van der Waals surface area contributed by atoms with Crippen LogP contribution in [0.3, 0.4) is 0 Å². The Bertz CT molecular complexity index is 1750. The van der Waals surface area contributed by atoms with Crippen LogP contribution in [-0.2, 0) is 6.54 Å². The van der Waals surface area contributed by atoms with Crippen molar-refractivity contribution < 1.29 is 31.6 Å². The van der Waals surface area contributed by atoms with E-state index in [4.69, 9.17) is 9.72 Å². The van der Waals surface area contributed by atoms with Gasteiger partial charge in [0.05, 0.1) is 31.7 Å². The number of unbranched alkanes of at least 4 members (excludes halogenated alkanes) is 1. The van der Waals surface area contributed by atoms with Gasteiger partial charge in [0.2, 0.25) is 5.75 Å². The number of hydrogen-bond acceptors (Lipinski definition) is 7. The maximum Gasteiger partial charge on any atom is 0.318 e. The summed E-state index contributed by atoms with van der Waals surface area (Å²) >= 11 is 1.49. The molecule has 0 radical (unpaired) electrons. The zero-order valence-corrected chi connectivity index (χ0v) is 24.5. The zero-order valence-electron chi connectivity index (χ0n) is 22.9.